The van der Waals surface area contributed by atoms with Crippen molar-refractivity contribution in [1.82, 2.24) is 5.32 Å². The lowest BCUT2D eigenvalue weighted by Gasteiger charge is -2.07. The summed E-state index contributed by atoms with van der Waals surface area (Å²) in [6, 6.07) is 10.1. The highest BCUT2D eigenvalue weighted by molar-refractivity contribution is 6.05. The molecule has 0 aliphatic carbocycles. The van der Waals surface area contributed by atoms with Crippen LogP contribution in [0.15, 0.2) is 42.5 Å². The van der Waals surface area contributed by atoms with Crippen molar-refractivity contribution in [1.29, 1.82) is 0 Å². The summed E-state index contributed by atoms with van der Waals surface area (Å²) in [4.78, 5) is 23.3. The van der Waals surface area contributed by atoms with Crippen molar-refractivity contribution >= 4 is 23.2 Å². The summed E-state index contributed by atoms with van der Waals surface area (Å²) >= 11 is 0. The van der Waals surface area contributed by atoms with Crippen molar-refractivity contribution < 1.29 is 14.0 Å². The molecule has 21 heavy (non-hydrogen) atoms. The molecule has 0 heterocycles. The van der Waals surface area contributed by atoms with Gasteiger partial charge in [-0.25, -0.2) is 4.39 Å². The number of amides is 2. The molecule has 4 N–H and O–H groups in total. The average Bonchev–Trinajstić information content (AvgIpc) is 2.47. The first kappa shape index (κ1) is 14.5. The van der Waals surface area contributed by atoms with Gasteiger partial charge < -0.3 is 16.4 Å². The Hall–Kier alpha value is -2.89. The minimum absolute atomic E-state index is 0.0976. The first-order valence-electron chi connectivity index (χ1n) is 6.20. The zero-order chi connectivity index (χ0) is 15.4. The number of carbonyl (C=O) groups is 2. The van der Waals surface area contributed by atoms with Crippen LogP contribution >= 0.6 is 0 Å². The zero-order valence-electron chi connectivity index (χ0n) is 11.3. The number of anilines is 2. The minimum atomic E-state index is -0.686. The molecule has 0 unspecified atom stereocenters. The zero-order valence-corrected chi connectivity index (χ0v) is 11.3. The van der Waals surface area contributed by atoms with E-state index < -0.39 is 11.7 Å². The first-order valence-corrected chi connectivity index (χ1v) is 6.20. The number of nitrogens with two attached hydrogens (primary N) is 1. The molecule has 2 rings (SSSR count). The summed E-state index contributed by atoms with van der Waals surface area (Å²) in [5.41, 5.74) is 6.51. The van der Waals surface area contributed by atoms with Crippen LogP contribution in [-0.4, -0.2) is 18.9 Å². The van der Waals surface area contributed by atoms with E-state index in [2.05, 4.69) is 10.6 Å². The van der Waals surface area contributed by atoms with Crippen LogP contribution in [0.3, 0.4) is 0 Å². The second kappa shape index (κ2) is 6.04. The van der Waals surface area contributed by atoms with Crippen molar-refractivity contribution in [3.05, 3.63) is 59.4 Å². The maximum Gasteiger partial charge on any atom is 0.258 e. The highest BCUT2D eigenvalue weighted by atomic mass is 19.1. The third kappa shape index (κ3) is 3.36. The van der Waals surface area contributed by atoms with Gasteiger partial charge in [0.1, 0.15) is 5.82 Å². The van der Waals surface area contributed by atoms with Gasteiger partial charge in [0.15, 0.2) is 0 Å². The number of carbonyl (C=O) groups excluding carboxylic acids is 2. The highest BCUT2D eigenvalue weighted by Crippen LogP contribution is 2.15. The van der Waals surface area contributed by atoms with E-state index in [1.165, 1.54) is 19.2 Å². The van der Waals surface area contributed by atoms with Crippen LogP contribution in [0.4, 0.5) is 15.8 Å². The Bertz CT molecular complexity index is 684. The number of benzene rings is 2. The van der Waals surface area contributed by atoms with E-state index in [1.807, 2.05) is 0 Å². The molecule has 108 valence electrons. The SMILES string of the molecule is CNC(=O)c1ccc(NC(=O)c2ccc(N)cc2F)cc1. The lowest BCUT2D eigenvalue weighted by Crippen LogP contribution is -2.18. The van der Waals surface area contributed by atoms with Crippen LogP contribution in [0.25, 0.3) is 0 Å². The summed E-state index contributed by atoms with van der Waals surface area (Å²) in [6.45, 7) is 0. The third-order valence-corrected chi connectivity index (χ3v) is 2.87. The van der Waals surface area contributed by atoms with E-state index in [9.17, 15) is 14.0 Å². The van der Waals surface area contributed by atoms with E-state index in [-0.39, 0.29) is 17.2 Å². The van der Waals surface area contributed by atoms with Gasteiger partial charge in [-0.15, -0.1) is 0 Å². The minimum Gasteiger partial charge on any atom is -0.399 e. The molecule has 0 aliphatic heterocycles. The Morgan fingerprint density at radius 3 is 2.29 bits per heavy atom. The second-order valence-corrected chi connectivity index (χ2v) is 4.35. The fourth-order valence-corrected chi connectivity index (χ4v) is 1.76. The fraction of sp³-hybridized carbons (Fsp3) is 0.0667. The highest BCUT2D eigenvalue weighted by Gasteiger charge is 2.12. The van der Waals surface area contributed by atoms with Crippen LogP contribution in [0.5, 0.6) is 0 Å². The Balaban J connectivity index is 2.14. The molecule has 0 fully saturated rings. The van der Waals surface area contributed by atoms with Gasteiger partial charge in [-0.1, -0.05) is 0 Å². The topological polar surface area (TPSA) is 84.2 Å². The van der Waals surface area contributed by atoms with Crippen molar-refractivity contribution in [3.8, 4) is 0 Å². The molecule has 6 heteroatoms. The van der Waals surface area contributed by atoms with Gasteiger partial charge in [0.2, 0.25) is 0 Å². The number of rotatable bonds is 3. The fourth-order valence-electron chi connectivity index (χ4n) is 1.76. The molecular weight excluding hydrogens is 273 g/mol. The Morgan fingerprint density at radius 2 is 1.71 bits per heavy atom. The summed E-state index contributed by atoms with van der Waals surface area (Å²) in [6.07, 6.45) is 0. The molecule has 0 spiro atoms. The molecule has 0 saturated carbocycles. The predicted octanol–water partition coefficient (Wildman–Crippen LogP) is 2.02. The first-order chi connectivity index (χ1) is 10.0. The van der Waals surface area contributed by atoms with E-state index >= 15 is 0 Å². The lowest BCUT2D eigenvalue weighted by atomic mass is 10.1. The molecule has 0 aromatic heterocycles. The van der Waals surface area contributed by atoms with Gasteiger partial charge in [0.25, 0.3) is 11.8 Å². The number of nitrogens with one attached hydrogen (secondary N) is 2. The lowest BCUT2D eigenvalue weighted by molar-refractivity contribution is 0.0962. The smallest absolute Gasteiger partial charge is 0.258 e. The van der Waals surface area contributed by atoms with E-state index in [0.717, 1.165) is 6.07 Å². The summed E-state index contributed by atoms with van der Waals surface area (Å²) in [5.74, 6) is -1.49. The summed E-state index contributed by atoms with van der Waals surface area (Å²) < 4.78 is 13.6. The molecule has 0 bridgehead atoms. The van der Waals surface area contributed by atoms with Gasteiger partial charge >= 0.3 is 0 Å². The van der Waals surface area contributed by atoms with Gasteiger partial charge in [-0.2, -0.15) is 0 Å². The summed E-state index contributed by atoms with van der Waals surface area (Å²) in [5, 5.41) is 5.04. The second-order valence-electron chi connectivity index (χ2n) is 4.35. The van der Waals surface area contributed by atoms with Crippen LogP contribution in [0.1, 0.15) is 20.7 Å². The number of nitrogen functional groups attached to an aromatic ring is 1. The van der Waals surface area contributed by atoms with Crippen molar-refractivity contribution in [2.45, 2.75) is 0 Å². The van der Waals surface area contributed by atoms with Gasteiger partial charge in [0, 0.05) is 24.0 Å². The van der Waals surface area contributed by atoms with Gasteiger partial charge in [-0.3, -0.25) is 9.59 Å². The molecule has 0 aliphatic rings. The molecule has 0 saturated heterocycles. The van der Waals surface area contributed by atoms with Crippen molar-refractivity contribution in [3.63, 3.8) is 0 Å². The van der Waals surface area contributed by atoms with Crippen molar-refractivity contribution in [2.24, 2.45) is 0 Å². The number of halogens is 1. The third-order valence-electron chi connectivity index (χ3n) is 2.87. The molecule has 2 amide bonds. The van der Waals surface area contributed by atoms with Crippen LogP contribution in [0.2, 0.25) is 0 Å². The molecule has 2 aromatic carbocycles. The predicted molar refractivity (Wildman–Crippen MR) is 78.6 cm³/mol. The largest absolute Gasteiger partial charge is 0.399 e. The molecular formula is C15H14FN3O2. The van der Waals surface area contributed by atoms with E-state index in [4.69, 9.17) is 5.73 Å². The normalized spacial score (nSPS) is 10.0. The monoisotopic (exact) mass is 287 g/mol. The molecule has 5 nitrogen and oxygen atoms in total. The average molecular weight is 287 g/mol. The number of hydrogen-bond acceptors (Lipinski definition) is 3. The standard InChI is InChI=1S/C15H14FN3O2/c1-18-14(20)9-2-5-11(6-3-9)19-15(21)12-7-4-10(17)8-13(12)16/h2-8H,17H2,1H3,(H,18,20)(H,19,21). The quantitative estimate of drug-likeness (QED) is 0.755. The maximum atomic E-state index is 13.6. The van der Waals surface area contributed by atoms with Gasteiger partial charge in [-0.05, 0) is 42.5 Å². The van der Waals surface area contributed by atoms with Crippen LogP contribution in [-0.2, 0) is 0 Å². The Kier molecular flexibility index (Phi) is 4.18. The molecule has 0 atom stereocenters. The maximum absolute atomic E-state index is 13.6. The Morgan fingerprint density at radius 1 is 1.05 bits per heavy atom. The molecule has 2 aromatic rings. The van der Waals surface area contributed by atoms with E-state index in [0.29, 0.717) is 11.3 Å². The number of hydrogen-bond donors (Lipinski definition) is 3. The van der Waals surface area contributed by atoms with Crippen molar-refractivity contribution in [2.75, 3.05) is 18.1 Å². The van der Waals surface area contributed by atoms with Crippen LogP contribution < -0.4 is 16.4 Å². The van der Waals surface area contributed by atoms with Crippen LogP contribution in [0, 0.1) is 5.82 Å². The van der Waals surface area contributed by atoms with Gasteiger partial charge in [0.05, 0.1) is 5.56 Å². The molecule has 0 radical (unpaired) electrons. The Labute approximate surface area is 121 Å². The summed E-state index contributed by atoms with van der Waals surface area (Å²) in [7, 11) is 1.53. The van der Waals surface area contributed by atoms with E-state index in [1.54, 1.807) is 24.3 Å².